The minimum Gasteiger partial charge on any atom is -0.381 e. The highest BCUT2D eigenvalue weighted by Gasteiger charge is 2.26. The van der Waals surface area contributed by atoms with Gasteiger partial charge in [0.05, 0.1) is 6.61 Å². The van der Waals surface area contributed by atoms with Crippen LogP contribution in [0.15, 0.2) is 0 Å². The fourth-order valence-corrected chi connectivity index (χ4v) is 1.54. The summed E-state index contributed by atoms with van der Waals surface area (Å²) in [6.45, 7) is 4.91. The van der Waals surface area contributed by atoms with Gasteiger partial charge in [0, 0.05) is 6.61 Å². The number of hydrogen-bond donors (Lipinski definition) is 1. The molecule has 0 aromatic heterocycles. The van der Waals surface area contributed by atoms with Gasteiger partial charge in [0.25, 0.3) is 0 Å². The largest absolute Gasteiger partial charge is 0.381 e. The van der Waals surface area contributed by atoms with Crippen LogP contribution in [0.1, 0.15) is 26.2 Å². The van der Waals surface area contributed by atoms with Crippen molar-refractivity contribution in [2.24, 2.45) is 11.1 Å². The topological polar surface area (TPSA) is 35.2 Å². The van der Waals surface area contributed by atoms with Crippen molar-refractivity contribution in [3.63, 3.8) is 0 Å². The smallest absolute Gasteiger partial charge is 0.0520 e. The SMILES string of the molecule is CC1(CCN)CCCOC1. The monoisotopic (exact) mass is 143 g/mol. The van der Waals surface area contributed by atoms with Crippen molar-refractivity contribution in [2.45, 2.75) is 26.2 Å². The molecule has 2 N–H and O–H groups in total. The second-order valence-corrected chi connectivity index (χ2v) is 3.51. The molecule has 0 amide bonds. The van der Waals surface area contributed by atoms with Gasteiger partial charge in [-0.15, -0.1) is 0 Å². The first-order valence-corrected chi connectivity index (χ1v) is 4.05. The molecule has 1 unspecified atom stereocenters. The first kappa shape index (κ1) is 8.02. The summed E-state index contributed by atoms with van der Waals surface area (Å²) in [7, 11) is 0. The van der Waals surface area contributed by atoms with Crippen molar-refractivity contribution in [1.82, 2.24) is 0 Å². The summed E-state index contributed by atoms with van der Waals surface area (Å²) >= 11 is 0. The van der Waals surface area contributed by atoms with Crippen LogP contribution in [0.4, 0.5) is 0 Å². The quantitative estimate of drug-likeness (QED) is 0.629. The first-order chi connectivity index (χ1) is 4.77. The molecule has 2 heteroatoms. The van der Waals surface area contributed by atoms with Gasteiger partial charge in [-0.05, 0) is 31.2 Å². The maximum atomic E-state index is 5.49. The Morgan fingerprint density at radius 3 is 2.90 bits per heavy atom. The van der Waals surface area contributed by atoms with Crippen LogP contribution in [0.5, 0.6) is 0 Å². The van der Waals surface area contributed by atoms with Crippen molar-refractivity contribution in [3.8, 4) is 0 Å². The lowest BCUT2D eigenvalue weighted by Gasteiger charge is -2.32. The summed E-state index contributed by atoms with van der Waals surface area (Å²) in [4.78, 5) is 0. The van der Waals surface area contributed by atoms with Gasteiger partial charge < -0.3 is 10.5 Å². The minimum atomic E-state index is 0.382. The van der Waals surface area contributed by atoms with Gasteiger partial charge in [0.15, 0.2) is 0 Å². The molecule has 10 heavy (non-hydrogen) atoms. The van der Waals surface area contributed by atoms with E-state index >= 15 is 0 Å². The molecule has 1 atom stereocenters. The minimum absolute atomic E-state index is 0.382. The van der Waals surface area contributed by atoms with Crippen LogP contribution in [0.3, 0.4) is 0 Å². The summed E-state index contributed by atoms with van der Waals surface area (Å²) in [5, 5.41) is 0. The van der Waals surface area contributed by atoms with Crippen LogP contribution in [0, 0.1) is 5.41 Å². The highest BCUT2D eigenvalue weighted by Crippen LogP contribution is 2.30. The molecule has 60 valence electrons. The zero-order chi connectivity index (χ0) is 7.45. The van der Waals surface area contributed by atoms with Gasteiger partial charge in [-0.1, -0.05) is 6.92 Å². The molecular formula is C8H17NO. The highest BCUT2D eigenvalue weighted by atomic mass is 16.5. The van der Waals surface area contributed by atoms with Crippen LogP contribution in [-0.2, 0) is 4.74 Å². The molecule has 0 aliphatic carbocycles. The molecular weight excluding hydrogens is 126 g/mol. The molecule has 0 aromatic carbocycles. The van der Waals surface area contributed by atoms with E-state index in [0.717, 1.165) is 26.2 Å². The van der Waals surface area contributed by atoms with Gasteiger partial charge >= 0.3 is 0 Å². The van der Waals surface area contributed by atoms with Gasteiger partial charge in [0.1, 0.15) is 0 Å². The van der Waals surface area contributed by atoms with Gasteiger partial charge in [-0.3, -0.25) is 0 Å². The molecule has 0 saturated carbocycles. The summed E-state index contributed by atoms with van der Waals surface area (Å²) < 4.78 is 5.38. The van der Waals surface area contributed by atoms with Crippen LogP contribution in [0.2, 0.25) is 0 Å². The van der Waals surface area contributed by atoms with E-state index in [9.17, 15) is 0 Å². The molecule has 0 aromatic rings. The standard InChI is InChI=1S/C8H17NO/c1-8(4-5-9)3-2-6-10-7-8/h2-7,9H2,1H3. The highest BCUT2D eigenvalue weighted by molar-refractivity contribution is 4.76. The summed E-state index contributed by atoms with van der Waals surface area (Å²) in [6.07, 6.45) is 3.59. The van der Waals surface area contributed by atoms with Crippen LogP contribution in [-0.4, -0.2) is 19.8 Å². The molecule has 1 fully saturated rings. The van der Waals surface area contributed by atoms with E-state index in [-0.39, 0.29) is 0 Å². The Morgan fingerprint density at radius 2 is 2.40 bits per heavy atom. The van der Waals surface area contributed by atoms with Gasteiger partial charge in [0.2, 0.25) is 0 Å². The second-order valence-electron chi connectivity index (χ2n) is 3.51. The molecule has 1 aliphatic rings. The molecule has 1 heterocycles. The third kappa shape index (κ3) is 1.96. The molecule has 0 spiro atoms. The van der Waals surface area contributed by atoms with Crippen LogP contribution < -0.4 is 5.73 Å². The van der Waals surface area contributed by atoms with E-state index in [4.69, 9.17) is 10.5 Å². The molecule has 0 bridgehead atoms. The fraction of sp³-hybridized carbons (Fsp3) is 1.00. The van der Waals surface area contributed by atoms with E-state index in [1.165, 1.54) is 12.8 Å². The van der Waals surface area contributed by atoms with Crippen molar-refractivity contribution in [1.29, 1.82) is 0 Å². The van der Waals surface area contributed by atoms with Crippen molar-refractivity contribution >= 4 is 0 Å². The molecule has 1 rings (SSSR count). The second kappa shape index (κ2) is 3.35. The lowest BCUT2D eigenvalue weighted by Crippen LogP contribution is -2.30. The normalized spacial score (nSPS) is 34.2. The predicted octanol–water partition coefficient (Wildman–Crippen LogP) is 1.15. The third-order valence-corrected chi connectivity index (χ3v) is 2.27. The zero-order valence-corrected chi connectivity index (χ0v) is 6.73. The Hall–Kier alpha value is -0.0800. The molecule has 1 saturated heterocycles. The molecule has 1 aliphatic heterocycles. The Morgan fingerprint density at radius 1 is 1.60 bits per heavy atom. The maximum absolute atomic E-state index is 5.49. The van der Waals surface area contributed by atoms with E-state index in [2.05, 4.69) is 6.92 Å². The molecule has 2 nitrogen and oxygen atoms in total. The lowest BCUT2D eigenvalue weighted by atomic mass is 9.82. The third-order valence-electron chi connectivity index (χ3n) is 2.27. The average Bonchev–Trinajstić information content (AvgIpc) is 1.89. The Kier molecular flexibility index (Phi) is 2.69. The fourth-order valence-electron chi connectivity index (χ4n) is 1.54. The van der Waals surface area contributed by atoms with Crippen molar-refractivity contribution in [3.05, 3.63) is 0 Å². The Labute approximate surface area is 62.7 Å². The number of ether oxygens (including phenoxy) is 1. The summed E-state index contributed by atoms with van der Waals surface area (Å²) in [5.74, 6) is 0. The van der Waals surface area contributed by atoms with E-state index < -0.39 is 0 Å². The van der Waals surface area contributed by atoms with Crippen molar-refractivity contribution < 1.29 is 4.74 Å². The van der Waals surface area contributed by atoms with Crippen LogP contribution >= 0.6 is 0 Å². The first-order valence-electron chi connectivity index (χ1n) is 4.05. The Bertz CT molecular complexity index is 91.9. The number of nitrogens with two attached hydrogens (primary N) is 1. The van der Waals surface area contributed by atoms with E-state index in [0.29, 0.717) is 5.41 Å². The van der Waals surface area contributed by atoms with E-state index in [1.807, 2.05) is 0 Å². The lowest BCUT2D eigenvalue weighted by molar-refractivity contribution is -0.000606. The summed E-state index contributed by atoms with van der Waals surface area (Å²) in [5.41, 5.74) is 5.87. The number of rotatable bonds is 2. The van der Waals surface area contributed by atoms with Gasteiger partial charge in [-0.25, -0.2) is 0 Å². The number of hydrogen-bond acceptors (Lipinski definition) is 2. The molecule has 0 radical (unpaired) electrons. The summed E-state index contributed by atoms with van der Waals surface area (Å²) in [6, 6.07) is 0. The predicted molar refractivity (Wildman–Crippen MR) is 41.8 cm³/mol. The van der Waals surface area contributed by atoms with Crippen molar-refractivity contribution in [2.75, 3.05) is 19.8 Å². The Balaban J connectivity index is 2.32. The van der Waals surface area contributed by atoms with Crippen LogP contribution in [0.25, 0.3) is 0 Å². The van der Waals surface area contributed by atoms with Gasteiger partial charge in [-0.2, -0.15) is 0 Å². The maximum Gasteiger partial charge on any atom is 0.0520 e. The van der Waals surface area contributed by atoms with E-state index in [1.54, 1.807) is 0 Å². The average molecular weight is 143 g/mol. The zero-order valence-electron chi connectivity index (χ0n) is 6.73.